The van der Waals surface area contributed by atoms with Crippen molar-refractivity contribution in [1.29, 1.82) is 0 Å². The van der Waals surface area contributed by atoms with Gasteiger partial charge in [0.15, 0.2) is 0 Å². The van der Waals surface area contributed by atoms with Crippen LogP contribution in [-0.4, -0.2) is 6.04 Å². The van der Waals surface area contributed by atoms with Gasteiger partial charge in [-0.05, 0) is 52.1 Å². The van der Waals surface area contributed by atoms with Crippen LogP contribution in [-0.2, 0) is 6.54 Å². The van der Waals surface area contributed by atoms with Crippen molar-refractivity contribution in [3.8, 4) is 0 Å². The third-order valence-electron chi connectivity index (χ3n) is 2.98. The van der Waals surface area contributed by atoms with Crippen molar-refractivity contribution < 1.29 is 0 Å². The molecular formula is C12H16IN. The zero-order valence-electron chi connectivity index (χ0n) is 8.68. The largest absolute Gasteiger partial charge is 0.309 e. The van der Waals surface area contributed by atoms with Gasteiger partial charge in [-0.2, -0.15) is 0 Å². The number of hydrogen-bond acceptors (Lipinski definition) is 1. The minimum atomic E-state index is 0.531. The number of benzene rings is 1. The Bertz CT molecular complexity index is 316. The van der Waals surface area contributed by atoms with Crippen LogP contribution in [0.1, 0.15) is 25.8 Å². The summed E-state index contributed by atoms with van der Waals surface area (Å²) in [5, 5.41) is 3.58. The topological polar surface area (TPSA) is 12.0 Å². The Balaban J connectivity index is 1.84. The lowest BCUT2D eigenvalue weighted by Crippen LogP contribution is -2.19. The van der Waals surface area contributed by atoms with Gasteiger partial charge in [-0.1, -0.05) is 26.0 Å². The fraction of sp³-hybridized carbons (Fsp3) is 0.500. The van der Waals surface area contributed by atoms with Crippen molar-refractivity contribution in [2.45, 2.75) is 32.9 Å². The quantitative estimate of drug-likeness (QED) is 0.846. The Labute approximate surface area is 99.4 Å². The highest BCUT2D eigenvalue weighted by Crippen LogP contribution is 2.44. The highest BCUT2D eigenvalue weighted by atomic mass is 127. The zero-order valence-corrected chi connectivity index (χ0v) is 10.8. The molecule has 0 aromatic heterocycles. The molecule has 1 aliphatic rings. The SMILES string of the molecule is CC1(C)CC1NCc1ccc(I)cc1. The van der Waals surface area contributed by atoms with Crippen molar-refractivity contribution >= 4 is 22.6 Å². The van der Waals surface area contributed by atoms with E-state index in [1.807, 2.05) is 0 Å². The van der Waals surface area contributed by atoms with E-state index >= 15 is 0 Å². The van der Waals surface area contributed by atoms with Gasteiger partial charge in [-0.3, -0.25) is 0 Å². The number of nitrogens with one attached hydrogen (secondary N) is 1. The minimum absolute atomic E-state index is 0.531. The van der Waals surface area contributed by atoms with Gasteiger partial charge in [-0.15, -0.1) is 0 Å². The van der Waals surface area contributed by atoms with E-state index < -0.39 is 0 Å². The van der Waals surface area contributed by atoms with E-state index in [9.17, 15) is 0 Å². The molecule has 1 N–H and O–H groups in total. The second-order valence-corrected chi connectivity index (χ2v) is 6.00. The first-order chi connectivity index (χ1) is 6.58. The van der Waals surface area contributed by atoms with Crippen LogP contribution in [0.2, 0.25) is 0 Å². The first-order valence-corrected chi connectivity index (χ1v) is 6.14. The van der Waals surface area contributed by atoms with Gasteiger partial charge < -0.3 is 5.32 Å². The molecule has 14 heavy (non-hydrogen) atoms. The van der Waals surface area contributed by atoms with Crippen LogP contribution in [0.4, 0.5) is 0 Å². The molecule has 0 amide bonds. The minimum Gasteiger partial charge on any atom is -0.309 e. The fourth-order valence-electron chi connectivity index (χ4n) is 1.66. The molecule has 1 nitrogen and oxygen atoms in total. The average Bonchev–Trinajstić information content (AvgIpc) is 2.73. The molecular weight excluding hydrogens is 285 g/mol. The molecule has 1 aliphatic carbocycles. The van der Waals surface area contributed by atoms with E-state index in [2.05, 4.69) is 66.0 Å². The van der Waals surface area contributed by atoms with Crippen molar-refractivity contribution in [3.63, 3.8) is 0 Å². The Morgan fingerprint density at radius 1 is 1.36 bits per heavy atom. The molecule has 1 atom stereocenters. The molecule has 1 saturated carbocycles. The summed E-state index contributed by atoms with van der Waals surface area (Å²) < 4.78 is 1.30. The lowest BCUT2D eigenvalue weighted by molar-refractivity contribution is 0.542. The maximum absolute atomic E-state index is 3.58. The highest BCUT2D eigenvalue weighted by Gasteiger charge is 2.44. The lowest BCUT2D eigenvalue weighted by atomic mass is 10.2. The normalized spacial score (nSPS) is 23.5. The summed E-state index contributed by atoms with van der Waals surface area (Å²) in [6.45, 7) is 5.64. The van der Waals surface area contributed by atoms with Gasteiger partial charge in [0.2, 0.25) is 0 Å². The summed E-state index contributed by atoms with van der Waals surface area (Å²) in [5.41, 5.74) is 1.91. The van der Waals surface area contributed by atoms with Crippen LogP contribution in [0.5, 0.6) is 0 Å². The molecule has 0 heterocycles. The van der Waals surface area contributed by atoms with E-state index in [4.69, 9.17) is 0 Å². The standard InChI is InChI=1S/C12H16IN/c1-12(2)7-11(12)14-8-9-3-5-10(13)6-4-9/h3-6,11,14H,7-8H2,1-2H3. The second-order valence-electron chi connectivity index (χ2n) is 4.75. The van der Waals surface area contributed by atoms with Gasteiger partial charge in [0.05, 0.1) is 0 Å². The fourth-order valence-corrected chi connectivity index (χ4v) is 2.02. The maximum Gasteiger partial charge on any atom is 0.0208 e. The summed E-state index contributed by atoms with van der Waals surface area (Å²) in [5.74, 6) is 0. The Morgan fingerprint density at radius 2 is 1.93 bits per heavy atom. The van der Waals surface area contributed by atoms with Gasteiger partial charge in [-0.25, -0.2) is 0 Å². The van der Waals surface area contributed by atoms with Crippen molar-refractivity contribution in [2.24, 2.45) is 5.41 Å². The molecule has 1 unspecified atom stereocenters. The number of rotatable bonds is 3. The molecule has 1 fully saturated rings. The Hall–Kier alpha value is -0.0900. The van der Waals surface area contributed by atoms with Crippen LogP contribution in [0.3, 0.4) is 0 Å². The van der Waals surface area contributed by atoms with Crippen LogP contribution < -0.4 is 5.32 Å². The van der Waals surface area contributed by atoms with Crippen LogP contribution in [0, 0.1) is 8.99 Å². The predicted molar refractivity (Wildman–Crippen MR) is 68.2 cm³/mol. The van der Waals surface area contributed by atoms with E-state index in [0.717, 1.165) is 12.6 Å². The zero-order chi connectivity index (χ0) is 10.2. The van der Waals surface area contributed by atoms with Gasteiger partial charge in [0, 0.05) is 16.2 Å². The van der Waals surface area contributed by atoms with E-state index in [1.54, 1.807) is 0 Å². The molecule has 1 aromatic rings. The molecule has 76 valence electrons. The molecule has 2 heteroatoms. The van der Waals surface area contributed by atoms with Gasteiger partial charge in [0.25, 0.3) is 0 Å². The van der Waals surface area contributed by atoms with Gasteiger partial charge >= 0.3 is 0 Å². The molecule has 0 radical (unpaired) electrons. The molecule has 0 spiro atoms. The van der Waals surface area contributed by atoms with Crippen LogP contribution >= 0.6 is 22.6 Å². The van der Waals surface area contributed by atoms with Crippen LogP contribution in [0.15, 0.2) is 24.3 Å². The molecule has 2 rings (SSSR count). The van der Waals surface area contributed by atoms with E-state index in [0.29, 0.717) is 5.41 Å². The molecule has 0 aliphatic heterocycles. The Morgan fingerprint density at radius 3 is 2.43 bits per heavy atom. The lowest BCUT2D eigenvalue weighted by Gasteiger charge is -2.06. The smallest absolute Gasteiger partial charge is 0.0208 e. The molecule has 1 aromatic carbocycles. The van der Waals surface area contributed by atoms with E-state index in [-0.39, 0.29) is 0 Å². The third-order valence-corrected chi connectivity index (χ3v) is 3.70. The number of halogens is 1. The predicted octanol–water partition coefficient (Wildman–Crippen LogP) is 3.18. The first kappa shape index (κ1) is 10.4. The maximum atomic E-state index is 3.58. The summed E-state index contributed by atoms with van der Waals surface area (Å²) in [4.78, 5) is 0. The highest BCUT2D eigenvalue weighted by molar-refractivity contribution is 14.1. The average molecular weight is 301 g/mol. The van der Waals surface area contributed by atoms with Crippen molar-refractivity contribution in [3.05, 3.63) is 33.4 Å². The van der Waals surface area contributed by atoms with Crippen molar-refractivity contribution in [1.82, 2.24) is 5.32 Å². The van der Waals surface area contributed by atoms with Crippen LogP contribution in [0.25, 0.3) is 0 Å². The monoisotopic (exact) mass is 301 g/mol. The summed E-state index contributed by atoms with van der Waals surface area (Å²) >= 11 is 2.34. The van der Waals surface area contributed by atoms with Gasteiger partial charge in [0.1, 0.15) is 0 Å². The molecule has 0 saturated heterocycles. The van der Waals surface area contributed by atoms with Crippen molar-refractivity contribution in [2.75, 3.05) is 0 Å². The summed E-state index contributed by atoms with van der Waals surface area (Å²) in [7, 11) is 0. The molecule has 0 bridgehead atoms. The second kappa shape index (κ2) is 3.81. The first-order valence-electron chi connectivity index (χ1n) is 5.06. The third kappa shape index (κ3) is 2.48. The van der Waals surface area contributed by atoms with E-state index in [1.165, 1.54) is 15.6 Å². The number of hydrogen-bond donors (Lipinski definition) is 1. The summed E-state index contributed by atoms with van der Waals surface area (Å²) in [6, 6.07) is 9.45. The summed E-state index contributed by atoms with van der Waals surface area (Å²) in [6.07, 6.45) is 1.32. The Kier molecular flexibility index (Phi) is 2.84.